The zero-order valence-corrected chi connectivity index (χ0v) is 12.2. The van der Waals surface area contributed by atoms with Crippen LogP contribution in [0.5, 0.6) is 0 Å². The minimum Gasteiger partial charge on any atom is -0.334 e. The predicted octanol–water partition coefficient (Wildman–Crippen LogP) is 3.05. The fourth-order valence-corrected chi connectivity index (χ4v) is 2.77. The summed E-state index contributed by atoms with van der Waals surface area (Å²) in [5, 5.41) is 0. The van der Waals surface area contributed by atoms with Crippen molar-refractivity contribution in [1.82, 2.24) is 23.9 Å². The number of hydrogen-bond donors (Lipinski definition) is 0. The monoisotopic (exact) mass is 327 g/mol. The van der Waals surface area contributed by atoms with Crippen molar-refractivity contribution in [3.63, 3.8) is 0 Å². The lowest BCUT2D eigenvalue weighted by atomic mass is 10.1. The molecule has 0 radical (unpaired) electrons. The first-order chi connectivity index (χ1) is 9.72. The SMILES string of the molecule is Cn1cnc2ccc(-c3nc(Br)cn4ccnc34)cc21. The molecule has 0 spiro atoms. The molecule has 4 aromatic rings. The molecule has 0 saturated heterocycles. The molecule has 0 aliphatic carbocycles. The minimum absolute atomic E-state index is 0.781. The first-order valence-corrected chi connectivity index (χ1v) is 6.92. The quantitative estimate of drug-likeness (QED) is 0.540. The Balaban J connectivity index is 2.04. The van der Waals surface area contributed by atoms with E-state index in [1.165, 1.54) is 0 Å². The fourth-order valence-electron chi connectivity index (χ4n) is 2.37. The van der Waals surface area contributed by atoms with E-state index in [1.807, 2.05) is 46.9 Å². The minimum atomic E-state index is 0.781. The van der Waals surface area contributed by atoms with Gasteiger partial charge in [0.15, 0.2) is 5.65 Å². The summed E-state index contributed by atoms with van der Waals surface area (Å²) >= 11 is 3.44. The molecule has 6 heteroatoms. The molecule has 0 N–H and O–H groups in total. The molecule has 0 saturated carbocycles. The molecule has 0 aliphatic heterocycles. The smallest absolute Gasteiger partial charge is 0.163 e. The number of benzene rings is 1. The van der Waals surface area contributed by atoms with Crippen LogP contribution in [0.1, 0.15) is 0 Å². The number of rotatable bonds is 1. The highest BCUT2D eigenvalue weighted by atomic mass is 79.9. The molecule has 20 heavy (non-hydrogen) atoms. The molecule has 5 nitrogen and oxygen atoms in total. The highest BCUT2D eigenvalue weighted by Gasteiger charge is 2.10. The van der Waals surface area contributed by atoms with Gasteiger partial charge in [-0.3, -0.25) is 0 Å². The van der Waals surface area contributed by atoms with Gasteiger partial charge in [0.25, 0.3) is 0 Å². The van der Waals surface area contributed by atoms with E-state index in [1.54, 1.807) is 6.20 Å². The summed E-state index contributed by atoms with van der Waals surface area (Å²) in [5.74, 6) is 0. The van der Waals surface area contributed by atoms with Gasteiger partial charge in [0.1, 0.15) is 10.3 Å². The lowest BCUT2D eigenvalue weighted by molar-refractivity contribution is 0.947. The van der Waals surface area contributed by atoms with E-state index in [-0.39, 0.29) is 0 Å². The molecule has 0 bridgehead atoms. The summed E-state index contributed by atoms with van der Waals surface area (Å²) in [7, 11) is 1.98. The molecular weight excluding hydrogens is 318 g/mol. The van der Waals surface area contributed by atoms with E-state index in [9.17, 15) is 0 Å². The van der Waals surface area contributed by atoms with E-state index < -0.39 is 0 Å². The van der Waals surface area contributed by atoms with Gasteiger partial charge in [-0.15, -0.1) is 0 Å². The second-order valence-corrected chi connectivity index (χ2v) is 5.44. The molecule has 98 valence electrons. The maximum absolute atomic E-state index is 4.57. The number of halogens is 1. The van der Waals surface area contributed by atoms with Crippen molar-refractivity contribution in [2.24, 2.45) is 7.05 Å². The van der Waals surface area contributed by atoms with Gasteiger partial charge in [-0.05, 0) is 28.1 Å². The standard InChI is InChI=1S/C14H10BrN5/c1-19-8-17-10-3-2-9(6-11(10)19)13-14-16-4-5-20(14)7-12(15)18-13/h2-8H,1H3. The van der Waals surface area contributed by atoms with Crippen LogP contribution in [0.2, 0.25) is 0 Å². The second kappa shape index (κ2) is 4.14. The number of fused-ring (bicyclic) bond motifs is 2. The van der Waals surface area contributed by atoms with Gasteiger partial charge >= 0.3 is 0 Å². The zero-order chi connectivity index (χ0) is 13.7. The van der Waals surface area contributed by atoms with Crippen LogP contribution >= 0.6 is 15.9 Å². The molecule has 0 aliphatic rings. The van der Waals surface area contributed by atoms with Crippen LogP contribution in [0.4, 0.5) is 0 Å². The third kappa shape index (κ3) is 1.65. The summed E-state index contributed by atoms with van der Waals surface area (Å²) in [5.41, 5.74) is 4.78. The summed E-state index contributed by atoms with van der Waals surface area (Å²) < 4.78 is 4.74. The van der Waals surface area contributed by atoms with Gasteiger partial charge in [-0.1, -0.05) is 6.07 Å². The van der Waals surface area contributed by atoms with Crippen LogP contribution in [0.3, 0.4) is 0 Å². The molecule has 3 aromatic heterocycles. The fraction of sp³-hybridized carbons (Fsp3) is 0.0714. The van der Waals surface area contributed by atoms with Crippen LogP contribution in [0, 0.1) is 0 Å². The summed E-state index contributed by atoms with van der Waals surface area (Å²) in [6.45, 7) is 0. The number of nitrogens with zero attached hydrogens (tertiary/aromatic N) is 5. The maximum Gasteiger partial charge on any atom is 0.163 e. The van der Waals surface area contributed by atoms with Gasteiger partial charge in [0.05, 0.1) is 17.4 Å². The Morgan fingerprint density at radius 1 is 1.20 bits per heavy atom. The first kappa shape index (κ1) is 11.6. The summed E-state index contributed by atoms with van der Waals surface area (Å²) in [6.07, 6.45) is 7.39. The van der Waals surface area contributed by atoms with E-state index in [2.05, 4.69) is 36.9 Å². The third-order valence-corrected chi connectivity index (χ3v) is 3.73. The van der Waals surface area contributed by atoms with Crippen molar-refractivity contribution in [2.45, 2.75) is 0 Å². The number of aryl methyl sites for hydroxylation is 1. The van der Waals surface area contributed by atoms with Crippen LogP contribution in [0.25, 0.3) is 27.9 Å². The summed E-state index contributed by atoms with van der Waals surface area (Å²) in [6, 6.07) is 6.12. The van der Waals surface area contributed by atoms with Gasteiger partial charge < -0.3 is 8.97 Å². The van der Waals surface area contributed by atoms with Gasteiger partial charge in [0, 0.05) is 31.2 Å². The van der Waals surface area contributed by atoms with Crippen molar-refractivity contribution in [2.75, 3.05) is 0 Å². The second-order valence-electron chi connectivity index (χ2n) is 4.63. The van der Waals surface area contributed by atoms with Crippen molar-refractivity contribution in [3.8, 4) is 11.3 Å². The van der Waals surface area contributed by atoms with Gasteiger partial charge in [-0.25, -0.2) is 15.0 Å². The van der Waals surface area contributed by atoms with Gasteiger partial charge in [0.2, 0.25) is 0 Å². The number of aromatic nitrogens is 5. The molecule has 4 rings (SSSR count). The Bertz CT molecular complexity index is 937. The van der Waals surface area contributed by atoms with E-state index in [4.69, 9.17) is 0 Å². The third-order valence-electron chi connectivity index (χ3n) is 3.34. The topological polar surface area (TPSA) is 48.0 Å². The highest BCUT2D eigenvalue weighted by Crippen LogP contribution is 2.26. The normalized spacial score (nSPS) is 11.5. The van der Waals surface area contributed by atoms with Crippen molar-refractivity contribution in [3.05, 3.63) is 47.7 Å². The Kier molecular flexibility index (Phi) is 2.40. The lowest BCUT2D eigenvalue weighted by Gasteiger charge is -2.05. The lowest BCUT2D eigenvalue weighted by Crippen LogP contribution is -1.93. The zero-order valence-electron chi connectivity index (χ0n) is 10.7. The Morgan fingerprint density at radius 3 is 3.00 bits per heavy atom. The number of imidazole rings is 2. The Labute approximate surface area is 123 Å². The average Bonchev–Trinajstić information content (AvgIpc) is 3.05. The van der Waals surface area contributed by atoms with Crippen molar-refractivity contribution in [1.29, 1.82) is 0 Å². The molecule has 0 unspecified atom stereocenters. The molecule has 3 heterocycles. The van der Waals surface area contributed by atoms with E-state index in [0.29, 0.717) is 0 Å². The molecule has 0 atom stereocenters. The average molecular weight is 328 g/mol. The predicted molar refractivity (Wildman–Crippen MR) is 80.4 cm³/mol. The Hall–Kier alpha value is -2.21. The molecular formula is C14H10BrN5. The summed E-state index contributed by atoms with van der Waals surface area (Å²) in [4.78, 5) is 13.3. The highest BCUT2D eigenvalue weighted by molar-refractivity contribution is 9.10. The maximum atomic E-state index is 4.57. The van der Waals surface area contributed by atoms with Crippen molar-refractivity contribution < 1.29 is 0 Å². The van der Waals surface area contributed by atoms with Gasteiger partial charge in [-0.2, -0.15) is 0 Å². The molecule has 1 aromatic carbocycles. The molecule has 0 amide bonds. The molecule has 0 fully saturated rings. The van der Waals surface area contributed by atoms with Crippen LogP contribution in [0.15, 0.2) is 47.7 Å². The van der Waals surface area contributed by atoms with Crippen LogP contribution in [-0.2, 0) is 7.05 Å². The number of hydrogen-bond acceptors (Lipinski definition) is 3. The Morgan fingerprint density at radius 2 is 2.10 bits per heavy atom. The van der Waals surface area contributed by atoms with Crippen LogP contribution < -0.4 is 0 Å². The van der Waals surface area contributed by atoms with E-state index in [0.717, 1.165) is 32.5 Å². The van der Waals surface area contributed by atoms with E-state index >= 15 is 0 Å². The largest absolute Gasteiger partial charge is 0.334 e. The van der Waals surface area contributed by atoms with Crippen molar-refractivity contribution >= 4 is 32.6 Å². The first-order valence-electron chi connectivity index (χ1n) is 6.13. The van der Waals surface area contributed by atoms with Crippen LogP contribution in [-0.4, -0.2) is 23.9 Å².